The molecule has 3 aromatic heterocycles. The van der Waals surface area contributed by atoms with Gasteiger partial charge >= 0.3 is 0 Å². The number of nitrogens with zero attached hydrogens (tertiary/aromatic N) is 4. The van der Waals surface area contributed by atoms with Gasteiger partial charge in [-0.05, 0) is 48.9 Å². The van der Waals surface area contributed by atoms with E-state index in [0.717, 1.165) is 11.1 Å². The summed E-state index contributed by atoms with van der Waals surface area (Å²) in [4.78, 5) is 20.8. The van der Waals surface area contributed by atoms with E-state index in [1.165, 1.54) is 12.1 Å². The maximum Gasteiger partial charge on any atom is 0.277 e. The largest absolute Gasteiger partial charge is 0.305 e. The van der Waals surface area contributed by atoms with Crippen LogP contribution in [0.5, 0.6) is 0 Å². The topological polar surface area (TPSA) is 72.2 Å². The van der Waals surface area contributed by atoms with E-state index < -0.39 is 0 Å². The van der Waals surface area contributed by atoms with E-state index in [1.54, 1.807) is 47.2 Å². The Bertz CT molecular complexity index is 1090. The van der Waals surface area contributed by atoms with Gasteiger partial charge in [-0.15, -0.1) is 0 Å². The molecule has 26 heavy (non-hydrogen) atoms. The summed E-state index contributed by atoms with van der Waals surface area (Å²) in [5, 5.41) is 7.06. The van der Waals surface area contributed by atoms with Crippen LogP contribution >= 0.6 is 0 Å². The van der Waals surface area contributed by atoms with Gasteiger partial charge in [-0.3, -0.25) is 4.79 Å². The number of carbonyl (C=O) groups excluding carboxylic acids is 1. The Hall–Kier alpha value is -3.61. The molecule has 6 nitrogen and oxygen atoms in total. The summed E-state index contributed by atoms with van der Waals surface area (Å²) in [5.41, 5.74) is 3.23. The van der Waals surface area contributed by atoms with Crippen LogP contribution in [0.3, 0.4) is 0 Å². The highest BCUT2D eigenvalue weighted by Gasteiger charge is 2.14. The highest BCUT2D eigenvalue weighted by molar-refractivity contribution is 6.03. The van der Waals surface area contributed by atoms with Crippen molar-refractivity contribution in [1.29, 1.82) is 0 Å². The van der Waals surface area contributed by atoms with Crippen molar-refractivity contribution in [2.24, 2.45) is 0 Å². The fourth-order valence-electron chi connectivity index (χ4n) is 2.57. The second-order valence-electron chi connectivity index (χ2n) is 5.81. The van der Waals surface area contributed by atoms with Crippen molar-refractivity contribution in [3.8, 4) is 11.3 Å². The Morgan fingerprint density at radius 1 is 1.08 bits per heavy atom. The van der Waals surface area contributed by atoms with Crippen LogP contribution in [0.1, 0.15) is 16.1 Å². The van der Waals surface area contributed by atoms with Crippen molar-refractivity contribution in [2.75, 3.05) is 5.32 Å². The van der Waals surface area contributed by atoms with Gasteiger partial charge < -0.3 is 5.32 Å². The molecule has 7 heteroatoms. The number of carbonyl (C=O) groups is 1. The number of pyridine rings is 1. The molecule has 0 unspecified atom stereocenters. The number of amides is 1. The Morgan fingerprint density at radius 3 is 2.62 bits per heavy atom. The van der Waals surface area contributed by atoms with Crippen molar-refractivity contribution < 1.29 is 9.18 Å². The van der Waals surface area contributed by atoms with Gasteiger partial charge in [-0.2, -0.15) is 5.10 Å². The van der Waals surface area contributed by atoms with Crippen molar-refractivity contribution in [1.82, 2.24) is 19.6 Å². The number of hydrogen-bond donors (Lipinski definition) is 1. The zero-order valence-electron chi connectivity index (χ0n) is 13.8. The average Bonchev–Trinajstić information content (AvgIpc) is 3.09. The zero-order chi connectivity index (χ0) is 18.1. The summed E-state index contributed by atoms with van der Waals surface area (Å²) >= 11 is 0. The van der Waals surface area contributed by atoms with E-state index >= 15 is 0 Å². The number of halogens is 1. The molecule has 0 radical (unpaired) electrons. The molecular formula is C19H14FN5O. The fourth-order valence-corrected chi connectivity index (χ4v) is 2.57. The van der Waals surface area contributed by atoms with Gasteiger partial charge in [0.15, 0.2) is 11.3 Å². The summed E-state index contributed by atoms with van der Waals surface area (Å²) in [6, 6.07) is 13.0. The predicted molar refractivity (Wildman–Crippen MR) is 95.3 cm³/mol. The number of hydrogen-bond acceptors (Lipinski definition) is 4. The van der Waals surface area contributed by atoms with Gasteiger partial charge in [0, 0.05) is 24.0 Å². The molecule has 0 aliphatic carbocycles. The molecule has 0 aliphatic heterocycles. The maximum atomic E-state index is 13.2. The first kappa shape index (κ1) is 15.9. The Labute approximate surface area is 148 Å². The lowest BCUT2D eigenvalue weighted by Gasteiger charge is -2.04. The first-order chi connectivity index (χ1) is 12.6. The van der Waals surface area contributed by atoms with Crippen molar-refractivity contribution >= 4 is 17.4 Å². The van der Waals surface area contributed by atoms with Crippen molar-refractivity contribution in [3.05, 3.63) is 78.0 Å². The van der Waals surface area contributed by atoms with Crippen LogP contribution in [-0.2, 0) is 0 Å². The third kappa shape index (κ3) is 3.02. The normalized spacial score (nSPS) is 10.8. The van der Waals surface area contributed by atoms with Crippen LogP contribution in [0.15, 0.2) is 60.9 Å². The Morgan fingerprint density at radius 2 is 1.88 bits per heavy atom. The van der Waals surface area contributed by atoms with Gasteiger partial charge in [-0.1, -0.05) is 6.07 Å². The minimum absolute atomic E-state index is 0.217. The number of aryl methyl sites for hydroxylation is 1. The summed E-state index contributed by atoms with van der Waals surface area (Å²) < 4.78 is 14.7. The van der Waals surface area contributed by atoms with Crippen LogP contribution < -0.4 is 5.32 Å². The summed E-state index contributed by atoms with van der Waals surface area (Å²) in [6.07, 6.45) is 3.30. The molecule has 3 heterocycles. The monoisotopic (exact) mass is 347 g/mol. The fraction of sp³-hybridized carbons (Fsp3) is 0.0526. The highest BCUT2D eigenvalue weighted by atomic mass is 19.1. The number of aromatic nitrogens is 4. The predicted octanol–water partition coefficient (Wildman–Crippen LogP) is 3.49. The molecule has 0 aliphatic rings. The number of fused-ring (bicyclic) bond motifs is 1. The Kier molecular flexibility index (Phi) is 3.89. The van der Waals surface area contributed by atoms with E-state index in [4.69, 9.17) is 0 Å². The molecule has 1 N–H and O–H groups in total. The lowest BCUT2D eigenvalue weighted by Crippen LogP contribution is -2.13. The van der Waals surface area contributed by atoms with E-state index in [0.29, 0.717) is 17.2 Å². The lowest BCUT2D eigenvalue weighted by atomic mass is 10.1. The minimum Gasteiger partial charge on any atom is -0.305 e. The molecule has 4 aromatic rings. The van der Waals surface area contributed by atoms with Crippen molar-refractivity contribution in [3.63, 3.8) is 0 Å². The molecule has 0 bridgehead atoms. The lowest BCUT2D eigenvalue weighted by molar-refractivity contribution is 0.102. The standard InChI is InChI=1S/C19H14FN5O/c1-12-2-7-17(22-11-12)23-19(26)15-10-18-21-9-8-16(25(18)24-15)13-3-5-14(20)6-4-13/h2-11H,1H3,(H,22,23,26). The van der Waals surface area contributed by atoms with E-state index in [1.807, 2.05) is 13.0 Å². The van der Waals surface area contributed by atoms with E-state index in [-0.39, 0.29) is 17.4 Å². The molecule has 0 saturated heterocycles. The third-order valence-electron chi connectivity index (χ3n) is 3.88. The number of nitrogens with one attached hydrogen (secondary N) is 1. The van der Waals surface area contributed by atoms with Crippen LogP contribution in [0, 0.1) is 12.7 Å². The summed E-state index contributed by atoms with van der Waals surface area (Å²) in [7, 11) is 0. The van der Waals surface area contributed by atoms with Crippen LogP contribution in [-0.4, -0.2) is 25.5 Å². The first-order valence-corrected chi connectivity index (χ1v) is 7.95. The maximum absolute atomic E-state index is 13.2. The van der Waals surface area contributed by atoms with Crippen LogP contribution in [0.2, 0.25) is 0 Å². The van der Waals surface area contributed by atoms with Crippen LogP contribution in [0.25, 0.3) is 16.9 Å². The van der Waals surface area contributed by atoms with E-state index in [2.05, 4.69) is 20.4 Å². The SMILES string of the molecule is Cc1ccc(NC(=O)c2cc3nccc(-c4ccc(F)cc4)n3n2)nc1. The average molecular weight is 347 g/mol. The number of anilines is 1. The molecule has 1 amide bonds. The molecule has 0 spiro atoms. The van der Waals surface area contributed by atoms with E-state index in [9.17, 15) is 9.18 Å². The molecule has 0 atom stereocenters. The highest BCUT2D eigenvalue weighted by Crippen LogP contribution is 2.20. The second-order valence-corrected chi connectivity index (χ2v) is 5.81. The molecule has 0 fully saturated rings. The quantitative estimate of drug-likeness (QED) is 0.616. The van der Waals surface area contributed by atoms with Gasteiger partial charge in [0.1, 0.15) is 11.6 Å². The van der Waals surface area contributed by atoms with Gasteiger partial charge in [0.25, 0.3) is 5.91 Å². The van der Waals surface area contributed by atoms with Gasteiger partial charge in [0.2, 0.25) is 0 Å². The smallest absolute Gasteiger partial charge is 0.277 e. The Balaban J connectivity index is 1.69. The molecule has 128 valence electrons. The summed E-state index contributed by atoms with van der Waals surface area (Å²) in [6.45, 7) is 1.92. The first-order valence-electron chi connectivity index (χ1n) is 7.95. The molecule has 1 aromatic carbocycles. The molecule has 4 rings (SSSR count). The van der Waals surface area contributed by atoms with Crippen molar-refractivity contribution in [2.45, 2.75) is 6.92 Å². The van der Waals surface area contributed by atoms with Crippen LogP contribution in [0.4, 0.5) is 10.2 Å². The second kappa shape index (κ2) is 6.36. The zero-order valence-corrected chi connectivity index (χ0v) is 13.8. The van der Waals surface area contributed by atoms with Gasteiger partial charge in [-0.25, -0.2) is 18.9 Å². The molecular weight excluding hydrogens is 333 g/mol. The minimum atomic E-state index is -0.378. The number of benzene rings is 1. The number of rotatable bonds is 3. The third-order valence-corrected chi connectivity index (χ3v) is 3.88. The molecule has 0 saturated carbocycles. The summed E-state index contributed by atoms with van der Waals surface area (Å²) in [5.74, 6) is -0.244. The van der Waals surface area contributed by atoms with Gasteiger partial charge in [0.05, 0.1) is 5.69 Å².